The van der Waals surface area contributed by atoms with Gasteiger partial charge in [-0.3, -0.25) is 4.79 Å². The van der Waals surface area contributed by atoms with Gasteiger partial charge in [0.15, 0.2) is 0 Å². The lowest BCUT2D eigenvalue weighted by Crippen LogP contribution is -2.13. The first-order chi connectivity index (χ1) is 13.6. The number of amides is 1. The van der Waals surface area contributed by atoms with Crippen molar-refractivity contribution in [3.8, 4) is 5.75 Å². The average Bonchev–Trinajstić information content (AvgIpc) is 2.73. The maximum atomic E-state index is 12.4. The molecule has 0 radical (unpaired) electrons. The fourth-order valence-corrected chi connectivity index (χ4v) is 2.71. The molecule has 0 saturated heterocycles. The molecule has 2 N–H and O–H groups in total. The van der Waals surface area contributed by atoms with Crippen LogP contribution >= 0.6 is 0 Å². The predicted octanol–water partition coefficient (Wildman–Crippen LogP) is 4.47. The maximum Gasteiger partial charge on any atom is 0.258 e. The summed E-state index contributed by atoms with van der Waals surface area (Å²) < 4.78 is 5.33. The van der Waals surface area contributed by atoms with Crippen molar-refractivity contribution in [1.82, 2.24) is 9.97 Å². The summed E-state index contributed by atoms with van der Waals surface area (Å²) in [4.78, 5) is 20.8. The van der Waals surface area contributed by atoms with E-state index in [1.807, 2.05) is 48.5 Å². The van der Waals surface area contributed by atoms with Crippen molar-refractivity contribution in [2.45, 2.75) is 26.3 Å². The van der Waals surface area contributed by atoms with Crippen LogP contribution in [0, 0.1) is 0 Å². The van der Waals surface area contributed by atoms with Gasteiger partial charge in [-0.1, -0.05) is 44.2 Å². The Labute approximate surface area is 165 Å². The third kappa shape index (κ3) is 4.85. The van der Waals surface area contributed by atoms with Crippen molar-refractivity contribution in [3.05, 3.63) is 77.6 Å². The minimum absolute atomic E-state index is 0.242. The van der Waals surface area contributed by atoms with Crippen LogP contribution in [0.15, 0.2) is 60.9 Å². The average molecular weight is 376 g/mol. The van der Waals surface area contributed by atoms with Crippen LogP contribution in [0.25, 0.3) is 0 Å². The van der Waals surface area contributed by atoms with Crippen LogP contribution in [0.2, 0.25) is 0 Å². The van der Waals surface area contributed by atoms with Crippen LogP contribution in [-0.2, 0) is 6.54 Å². The van der Waals surface area contributed by atoms with Gasteiger partial charge in [-0.05, 0) is 29.7 Å². The fraction of sp³-hybridized carbons (Fsp3) is 0.227. The Morgan fingerprint density at radius 2 is 1.71 bits per heavy atom. The minimum Gasteiger partial charge on any atom is -0.496 e. The van der Waals surface area contributed by atoms with E-state index >= 15 is 0 Å². The summed E-state index contributed by atoms with van der Waals surface area (Å²) in [7, 11) is 1.64. The molecule has 2 aromatic carbocycles. The van der Waals surface area contributed by atoms with Crippen molar-refractivity contribution in [3.63, 3.8) is 0 Å². The number of aromatic nitrogens is 2. The van der Waals surface area contributed by atoms with E-state index in [2.05, 4.69) is 34.4 Å². The van der Waals surface area contributed by atoms with Crippen LogP contribution in [0.5, 0.6) is 5.75 Å². The van der Waals surface area contributed by atoms with Crippen LogP contribution in [0.1, 0.15) is 41.3 Å². The second-order valence-electron chi connectivity index (χ2n) is 6.69. The number of para-hydroxylation sites is 1. The van der Waals surface area contributed by atoms with Crippen molar-refractivity contribution in [1.29, 1.82) is 0 Å². The topological polar surface area (TPSA) is 76.1 Å². The number of rotatable bonds is 7. The number of hydrogen-bond acceptors (Lipinski definition) is 5. The van der Waals surface area contributed by atoms with E-state index in [1.54, 1.807) is 7.11 Å². The molecular formula is C22H24N4O2. The molecule has 1 aromatic heterocycles. The molecule has 0 fully saturated rings. The number of methoxy groups -OCH3 is 1. The number of nitrogens with zero attached hydrogens (tertiary/aromatic N) is 2. The van der Waals surface area contributed by atoms with Gasteiger partial charge in [0, 0.05) is 30.2 Å². The smallest absolute Gasteiger partial charge is 0.258 e. The van der Waals surface area contributed by atoms with Crippen molar-refractivity contribution in [2.75, 3.05) is 17.7 Å². The van der Waals surface area contributed by atoms with E-state index in [1.165, 1.54) is 18.0 Å². The minimum atomic E-state index is -0.242. The summed E-state index contributed by atoms with van der Waals surface area (Å²) >= 11 is 0. The van der Waals surface area contributed by atoms with Crippen LogP contribution in [0.4, 0.5) is 11.6 Å². The van der Waals surface area contributed by atoms with E-state index in [0.717, 1.165) is 17.0 Å². The van der Waals surface area contributed by atoms with Gasteiger partial charge in [0.1, 0.15) is 5.75 Å². The molecule has 28 heavy (non-hydrogen) atoms. The lowest BCUT2D eigenvalue weighted by molar-refractivity contribution is 0.102. The maximum absolute atomic E-state index is 12.4. The Kier molecular flexibility index (Phi) is 6.22. The molecule has 6 nitrogen and oxygen atoms in total. The Bertz CT molecular complexity index is 922. The third-order valence-corrected chi connectivity index (χ3v) is 4.38. The third-order valence-electron chi connectivity index (χ3n) is 4.38. The second kappa shape index (κ2) is 8.99. The summed E-state index contributed by atoms with van der Waals surface area (Å²) in [6.45, 7) is 4.79. The quantitative estimate of drug-likeness (QED) is 0.636. The molecule has 1 heterocycles. The SMILES string of the molecule is COc1ccccc1CNc1ncc(C(=O)Nc2ccc(C(C)C)cc2)cn1. The molecule has 6 heteroatoms. The number of anilines is 2. The fourth-order valence-electron chi connectivity index (χ4n) is 2.71. The molecule has 3 rings (SSSR count). The molecule has 0 aliphatic heterocycles. The molecule has 0 aliphatic rings. The number of hydrogen-bond donors (Lipinski definition) is 2. The van der Waals surface area contributed by atoms with Crippen LogP contribution in [0.3, 0.4) is 0 Å². The lowest BCUT2D eigenvalue weighted by atomic mass is 10.0. The molecule has 0 atom stereocenters. The summed E-state index contributed by atoms with van der Waals surface area (Å²) in [5.74, 6) is 1.46. The van der Waals surface area contributed by atoms with Gasteiger partial charge in [-0.15, -0.1) is 0 Å². The Morgan fingerprint density at radius 3 is 2.36 bits per heavy atom. The van der Waals surface area contributed by atoms with Gasteiger partial charge in [-0.25, -0.2) is 9.97 Å². The molecule has 144 valence electrons. The normalized spacial score (nSPS) is 10.6. The van der Waals surface area contributed by atoms with Gasteiger partial charge >= 0.3 is 0 Å². The largest absolute Gasteiger partial charge is 0.496 e. The molecule has 1 amide bonds. The second-order valence-corrected chi connectivity index (χ2v) is 6.69. The molecule has 0 aliphatic carbocycles. The number of carbonyl (C=O) groups excluding carboxylic acids is 1. The van der Waals surface area contributed by atoms with E-state index in [-0.39, 0.29) is 5.91 Å². The monoisotopic (exact) mass is 376 g/mol. The summed E-state index contributed by atoms with van der Waals surface area (Å²) in [6, 6.07) is 15.6. The van der Waals surface area contributed by atoms with Crippen LogP contribution in [-0.4, -0.2) is 23.0 Å². The zero-order valence-corrected chi connectivity index (χ0v) is 16.3. The van der Waals surface area contributed by atoms with E-state index in [4.69, 9.17) is 4.74 Å². The van der Waals surface area contributed by atoms with Gasteiger partial charge in [0.25, 0.3) is 5.91 Å². The van der Waals surface area contributed by atoms with E-state index in [0.29, 0.717) is 24.0 Å². The molecular weight excluding hydrogens is 352 g/mol. The molecule has 0 unspecified atom stereocenters. The Balaban J connectivity index is 1.59. The number of benzene rings is 2. The van der Waals surface area contributed by atoms with E-state index in [9.17, 15) is 4.79 Å². The summed E-state index contributed by atoms with van der Waals surface area (Å²) in [5, 5.41) is 6.00. The van der Waals surface area contributed by atoms with Crippen molar-refractivity contribution < 1.29 is 9.53 Å². The van der Waals surface area contributed by atoms with Crippen molar-refractivity contribution in [2.24, 2.45) is 0 Å². The standard InChI is InChI=1S/C22H24N4O2/c1-15(2)16-8-10-19(11-9-16)26-21(27)18-13-24-22(25-14-18)23-12-17-6-4-5-7-20(17)28-3/h4-11,13-15H,12H2,1-3H3,(H,26,27)(H,23,24,25). The van der Waals surface area contributed by atoms with Gasteiger partial charge in [-0.2, -0.15) is 0 Å². The van der Waals surface area contributed by atoms with Crippen LogP contribution < -0.4 is 15.4 Å². The molecule has 3 aromatic rings. The van der Waals surface area contributed by atoms with Gasteiger partial charge in [0.05, 0.1) is 12.7 Å². The highest BCUT2D eigenvalue weighted by Gasteiger charge is 2.09. The van der Waals surface area contributed by atoms with Gasteiger partial charge < -0.3 is 15.4 Å². The number of carbonyl (C=O) groups is 1. The van der Waals surface area contributed by atoms with E-state index < -0.39 is 0 Å². The lowest BCUT2D eigenvalue weighted by Gasteiger charge is -2.10. The highest BCUT2D eigenvalue weighted by Crippen LogP contribution is 2.19. The predicted molar refractivity (Wildman–Crippen MR) is 111 cm³/mol. The first kappa shape index (κ1) is 19.4. The first-order valence-corrected chi connectivity index (χ1v) is 9.16. The number of nitrogens with one attached hydrogen (secondary N) is 2. The number of ether oxygens (including phenoxy) is 1. The molecule has 0 saturated carbocycles. The first-order valence-electron chi connectivity index (χ1n) is 9.16. The zero-order chi connectivity index (χ0) is 19.9. The molecule has 0 spiro atoms. The van der Waals surface area contributed by atoms with Gasteiger partial charge in [0.2, 0.25) is 5.95 Å². The summed E-state index contributed by atoms with van der Waals surface area (Å²) in [5.41, 5.74) is 3.37. The van der Waals surface area contributed by atoms with Crippen molar-refractivity contribution >= 4 is 17.5 Å². The Hall–Kier alpha value is -3.41. The molecule has 0 bridgehead atoms. The summed E-state index contributed by atoms with van der Waals surface area (Å²) in [6.07, 6.45) is 3.02. The Morgan fingerprint density at radius 1 is 1.04 bits per heavy atom. The highest BCUT2D eigenvalue weighted by atomic mass is 16.5. The highest BCUT2D eigenvalue weighted by molar-refractivity contribution is 6.03. The zero-order valence-electron chi connectivity index (χ0n) is 16.3.